The van der Waals surface area contributed by atoms with E-state index >= 15 is 0 Å². The van der Waals surface area contributed by atoms with Crippen molar-refractivity contribution < 1.29 is 47.5 Å². The Labute approximate surface area is 174 Å². The molecule has 1 aromatic carbocycles. The van der Waals surface area contributed by atoms with Gasteiger partial charge in [-0.25, -0.2) is 4.28 Å². The predicted octanol–water partition coefficient (Wildman–Crippen LogP) is -0.918. The van der Waals surface area contributed by atoms with Gasteiger partial charge in [0.1, 0.15) is 40.6 Å². The molecule has 1 aliphatic rings. The van der Waals surface area contributed by atoms with Crippen molar-refractivity contribution in [1.29, 1.82) is 0 Å². The monoisotopic (exact) mass is 464 g/mol. The number of phenols is 1. The van der Waals surface area contributed by atoms with Crippen molar-refractivity contribution in [2.24, 2.45) is 5.16 Å². The number of aromatic hydroxyl groups is 1. The van der Waals surface area contributed by atoms with Gasteiger partial charge in [-0.05, 0) is 17.7 Å². The van der Waals surface area contributed by atoms with E-state index in [1.807, 2.05) is 0 Å². The summed E-state index contributed by atoms with van der Waals surface area (Å²) in [5, 5.41) is 53.1. The lowest BCUT2D eigenvalue weighted by Crippen LogP contribution is -2.57. The molecule has 30 heavy (non-hydrogen) atoms. The van der Waals surface area contributed by atoms with Crippen molar-refractivity contribution in [2.45, 2.75) is 36.3 Å². The first kappa shape index (κ1) is 22.8. The van der Waals surface area contributed by atoms with Crippen LogP contribution in [0.25, 0.3) is 10.9 Å². The average Bonchev–Trinajstić information content (AvgIpc) is 3.10. The van der Waals surface area contributed by atoms with Crippen LogP contribution in [0.1, 0.15) is 5.56 Å². The number of aromatic amines is 1. The molecule has 2 heterocycles. The van der Waals surface area contributed by atoms with Crippen molar-refractivity contribution in [2.75, 3.05) is 6.61 Å². The fraction of sp³-hybridized carbons (Fsp3) is 0.438. The van der Waals surface area contributed by atoms with Crippen LogP contribution in [-0.4, -0.2) is 85.0 Å². The number of aliphatic hydroxyl groups excluding tert-OH is 4. The number of hydrogen-bond donors (Lipinski definition) is 7. The molecular formula is C16H20N2O10S2. The molecule has 0 bridgehead atoms. The van der Waals surface area contributed by atoms with E-state index in [1.54, 1.807) is 18.3 Å². The average molecular weight is 464 g/mol. The van der Waals surface area contributed by atoms with E-state index in [4.69, 9.17) is 9.29 Å². The summed E-state index contributed by atoms with van der Waals surface area (Å²) in [6.07, 6.45) is -4.58. The van der Waals surface area contributed by atoms with Crippen molar-refractivity contribution in [3.63, 3.8) is 0 Å². The summed E-state index contributed by atoms with van der Waals surface area (Å²) in [6, 6.07) is 4.78. The Hall–Kier alpha value is -1.91. The van der Waals surface area contributed by atoms with E-state index in [9.17, 15) is 34.0 Å². The van der Waals surface area contributed by atoms with Gasteiger partial charge in [0.2, 0.25) is 0 Å². The van der Waals surface area contributed by atoms with Crippen LogP contribution in [0.2, 0.25) is 0 Å². The Morgan fingerprint density at radius 3 is 2.63 bits per heavy atom. The van der Waals surface area contributed by atoms with Gasteiger partial charge in [-0.1, -0.05) is 23.0 Å². The standard InChI is InChI=1S/C16H20N2O10S2/c19-6-10-13(21)14(22)15(23)16(27-10)29-11(18-28-30(24,25)26)4-7-5-17-8-2-1-3-9(20)12(7)8/h1-3,5,10,13-17,19-23H,4,6H2,(H,24,25,26)/b18-11+/t10-,13+,14-,15+,16+/m1/s1. The molecule has 7 N–H and O–H groups in total. The molecule has 0 saturated carbocycles. The second-order valence-electron chi connectivity index (χ2n) is 6.49. The van der Waals surface area contributed by atoms with Gasteiger partial charge in [-0.15, -0.1) is 0 Å². The highest BCUT2D eigenvalue weighted by molar-refractivity contribution is 8.14. The first-order valence-corrected chi connectivity index (χ1v) is 10.8. The molecule has 12 nitrogen and oxygen atoms in total. The minimum atomic E-state index is -4.93. The van der Waals surface area contributed by atoms with Gasteiger partial charge in [-0.3, -0.25) is 4.55 Å². The molecule has 2 aromatic rings. The Balaban J connectivity index is 1.89. The van der Waals surface area contributed by atoms with Crippen LogP contribution in [0.15, 0.2) is 29.6 Å². The van der Waals surface area contributed by atoms with E-state index in [1.165, 1.54) is 6.07 Å². The largest absolute Gasteiger partial charge is 0.507 e. The van der Waals surface area contributed by atoms with E-state index < -0.39 is 46.9 Å². The Kier molecular flexibility index (Phi) is 6.88. The summed E-state index contributed by atoms with van der Waals surface area (Å²) < 4.78 is 40.2. The minimum absolute atomic E-state index is 0.0448. The van der Waals surface area contributed by atoms with Crippen molar-refractivity contribution in [1.82, 2.24) is 4.98 Å². The molecule has 1 fully saturated rings. The topological polar surface area (TPSA) is 202 Å². The number of hydrogen-bond acceptors (Lipinski definition) is 11. The van der Waals surface area contributed by atoms with Gasteiger partial charge in [-0.2, -0.15) is 8.42 Å². The van der Waals surface area contributed by atoms with Crippen LogP contribution in [0.3, 0.4) is 0 Å². The SMILES string of the molecule is O=S(=O)(O)O/N=C(\Cc1c[nH]c2cccc(O)c12)S[C@@H]1O[C@H](CO)[C@H](O)[C@@H](O)[C@@H]1O. The lowest BCUT2D eigenvalue weighted by atomic mass is 10.0. The van der Waals surface area contributed by atoms with Crippen LogP contribution in [0, 0.1) is 0 Å². The number of nitrogens with one attached hydrogen (secondary N) is 1. The van der Waals surface area contributed by atoms with E-state index in [-0.39, 0.29) is 17.2 Å². The first-order valence-electron chi connectivity index (χ1n) is 8.58. The number of fused-ring (bicyclic) bond motifs is 1. The molecule has 166 valence electrons. The molecule has 0 amide bonds. The number of nitrogens with zero attached hydrogens (tertiary/aromatic N) is 1. The molecular weight excluding hydrogens is 444 g/mol. The molecule has 1 aromatic heterocycles. The highest BCUT2D eigenvalue weighted by Gasteiger charge is 2.44. The number of ether oxygens (including phenoxy) is 1. The fourth-order valence-corrected chi connectivity index (χ4v) is 4.34. The summed E-state index contributed by atoms with van der Waals surface area (Å²) >= 11 is 0.651. The van der Waals surface area contributed by atoms with E-state index in [2.05, 4.69) is 14.4 Å². The summed E-state index contributed by atoms with van der Waals surface area (Å²) in [6.45, 7) is -0.647. The lowest BCUT2D eigenvalue weighted by molar-refractivity contribution is -0.205. The maximum atomic E-state index is 10.9. The zero-order valence-electron chi connectivity index (χ0n) is 15.2. The van der Waals surface area contributed by atoms with Gasteiger partial charge >= 0.3 is 10.4 Å². The number of phenolic OH excluding ortho intramolecular Hbond substituents is 1. The fourth-order valence-electron chi connectivity index (χ4n) is 3.02. The quantitative estimate of drug-likeness (QED) is 0.121. The summed E-state index contributed by atoms with van der Waals surface area (Å²) in [7, 11) is -4.93. The molecule has 1 saturated heterocycles. The van der Waals surface area contributed by atoms with Gasteiger partial charge < -0.3 is 35.3 Å². The number of aliphatic hydroxyl groups is 4. The Morgan fingerprint density at radius 1 is 1.23 bits per heavy atom. The summed E-state index contributed by atoms with van der Waals surface area (Å²) in [4.78, 5) is 2.93. The Morgan fingerprint density at radius 2 is 1.97 bits per heavy atom. The lowest BCUT2D eigenvalue weighted by Gasteiger charge is -2.39. The second kappa shape index (κ2) is 9.07. The van der Waals surface area contributed by atoms with Gasteiger partial charge in [0.05, 0.1) is 6.61 Å². The maximum absolute atomic E-state index is 10.9. The molecule has 0 spiro atoms. The number of thioether (sulfide) groups is 1. The minimum Gasteiger partial charge on any atom is -0.507 e. The highest BCUT2D eigenvalue weighted by Crippen LogP contribution is 2.33. The number of aromatic nitrogens is 1. The number of oxime groups is 1. The Bertz CT molecular complexity index is 1020. The number of benzene rings is 1. The molecule has 5 atom stereocenters. The summed E-state index contributed by atoms with van der Waals surface area (Å²) in [5.74, 6) is -0.0448. The molecule has 1 aliphatic heterocycles. The van der Waals surface area contributed by atoms with Crippen molar-refractivity contribution in [3.05, 3.63) is 30.0 Å². The van der Waals surface area contributed by atoms with Crippen LogP contribution < -0.4 is 0 Å². The molecule has 0 radical (unpaired) electrons. The van der Waals surface area contributed by atoms with Gasteiger partial charge in [0.25, 0.3) is 0 Å². The van der Waals surface area contributed by atoms with Crippen LogP contribution in [-0.2, 0) is 25.8 Å². The highest BCUT2D eigenvalue weighted by atomic mass is 32.3. The zero-order valence-corrected chi connectivity index (χ0v) is 16.8. The third-order valence-corrected chi connectivity index (χ3v) is 5.82. The maximum Gasteiger partial charge on any atom is 0.466 e. The summed E-state index contributed by atoms with van der Waals surface area (Å²) in [5.41, 5.74) is -0.182. The molecule has 3 rings (SSSR count). The number of rotatable bonds is 6. The second-order valence-corrected chi connectivity index (χ2v) is 8.67. The van der Waals surface area contributed by atoms with Crippen molar-refractivity contribution in [3.8, 4) is 5.75 Å². The third-order valence-electron chi connectivity index (χ3n) is 4.44. The molecule has 14 heteroatoms. The van der Waals surface area contributed by atoms with Crippen molar-refractivity contribution >= 4 is 38.1 Å². The third kappa shape index (κ3) is 5.04. The predicted molar refractivity (Wildman–Crippen MR) is 105 cm³/mol. The molecule has 0 aliphatic carbocycles. The van der Waals surface area contributed by atoms with Crippen LogP contribution in [0.4, 0.5) is 0 Å². The zero-order chi connectivity index (χ0) is 22.1. The van der Waals surface area contributed by atoms with Crippen LogP contribution >= 0.6 is 11.8 Å². The van der Waals surface area contributed by atoms with Gasteiger partial charge in [0.15, 0.2) is 0 Å². The smallest absolute Gasteiger partial charge is 0.466 e. The normalized spacial score (nSPS) is 28.0. The van der Waals surface area contributed by atoms with Gasteiger partial charge in [0, 0.05) is 23.5 Å². The van der Waals surface area contributed by atoms with Crippen LogP contribution in [0.5, 0.6) is 5.75 Å². The van der Waals surface area contributed by atoms with E-state index in [0.29, 0.717) is 28.2 Å². The van der Waals surface area contributed by atoms with E-state index in [0.717, 1.165) is 0 Å². The number of H-pyrrole nitrogens is 1. The molecule has 0 unspecified atom stereocenters. The first-order chi connectivity index (χ1) is 14.1.